The monoisotopic (exact) mass is 660 g/mol. The van der Waals surface area contributed by atoms with Crippen LogP contribution >= 0.6 is 0 Å². The number of fused-ring (bicyclic) bond motifs is 1. The molecule has 6 amide bonds. The summed E-state index contributed by atoms with van der Waals surface area (Å²) in [5, 5.41) is 25.1. The summed E-state index contributed by atoms with van der Waals surface area (Å²) < 4.78 is 1.50. The van der Waals surface area contributed by atoms with Gasteiger partial charge in [-0.1, -0.05) is 6.07 Å². The normalized spacial score (nSPS) is 14.5. The minimum absolute atomic E-state index is 0.00498. The molecule has 0 unspecified atom stereocenters. The summed E-state index contributed by atoms with van der Waals surface area (Å²) >= 11 is 0. The number of amides is 6. The quantitative estimate of drug-likeness (QED) is 0.106. The fraction of sp³-hybridized carbons (Fsp3) is 0.233. The average Bonchev–Trinajstić information content (AvgIpc) is 3.77. The van der Waals surface area contributed by atoms with Gasteiger partial charge in [0, 0.05) is 51.6 Å². The zero-order valence-electron chi connectivity index (χ0n) is 26.5. The number of allylic oxidation sites excluding steroid dienone is 1. The van der Waals surface area contributed by atoms with E-state index in [1.165, 1.54) is 45.1 Å². The molecular formula is C30H34N11O7+. The predicted molar refractivity (Wildman–Crippen MR) is 173 cm³/mol. The van der Waals surface area contributed by atoms with E-state index >= 15 is 0 Å². The number of nitro groups is 1. The summed E-state index contributed by atoms with van der Waals surface area (Å²) in [4.78, 5) is 77.0. The number of nitrogens with zero attached hydrogens (tertiary/aromatic N) is 5. The molecule has 0 bridgehead atoms. The first-order valence-corrected chi connectivity index (χ1v) is 14.6. The molecule has 0 radical (unpaired) electrons. The first-order chi connectivity index (χ1) is 22.7. The van der Waals surface area contributed by atoms with E-state index in [2.05, 4.69) is 26.3 Å². The Hall–Kier alpha value is -6.43. The Morgan fingerprint density at radius 1 is 1.04 bits per heavy atom. The number of primary amides is 1. The van der Waals surface area contributed by atoms with Gasteiger partial charge in [-0.25, -0.2) is 9.80 Å². The van der Waals surface area contributed by atoms with Crippen LogP contribution in [-0.4, -0.2) is 81.3 Å². The average molecular weight is 661 g/mol. The summed E-state index contributed by atoms with van der Waals surface area (Å²) in [5.41, 5.74) is 7.42. The van der Waals surface area contributed by atoms with Gasteiger partial charge in [0.15, 0.2) is 0 Å². The molecule has 0 fully saturated rings. The molecule has 0 saturated heterocycles. The Kier molecular flexibility index (Phi) is 8.76. The third kappa shape index (κ3) is 6.58. The molecule has 5 rings (SSSR count). The van der Waals surface area contributed by atoms with Gasteiger partial charge in [-0.05, 0) is 18.2 Å². The highest BCUT2D eigenvalue weighted by molar-refractivity contribution is 6.08. The van der Waals surface area contributed by atoms with Gasteiger partial charge in [0.1, 0.15) is 23.3 Å². The highest BCUT2D eigenvalue weighted by Gasteiger charge is 2.36. The summed E-state index contributed by atoms with van der Waals surface area (Å²) in [6, 6.07) is 7.07. The maximum atomic E-state index is 13.3. The van der Waals surface area contributed by atoms with Gasteiger partial charge < -0.3 is 36.6 Å². The number of likely N-dealkylation sites (N-methyl/N-ethyl adjacent to an activating group) is 1. The molecule has 0 aliphatic carbocycles. The summed E-state index contributed by atoms with van der Waals surface area (Å²) in [5.74, 6) is -2.12. The van der Waals surface area contributed by atoms with E-state index in [9.17, 15) is 34.1 Å². The van der Waals surface area contributed by atoms with Crippen molar-refractivity contribution >= 4 is 52.4 Å². The zero-order valence-corrected chi connectivity index (χ0v) is 26.5. The molecule has 0 atom stereocenters. The van der Waals surface area contributed by atoms with Crippen molar-refractivity contribution in [2.45, 2.75) is 13.0 Å². The number of aromatic amines is 1. The van der Waals surface area contributed by atoms with Crippen LogP contribution in [0.15, 0.2) is 66.4 Å². The highest BCUT2D eigenvalue weighted by Crippen LogP contribution is 2.36. The number of hydrazine groups is 1. The van der Waals surface area contributed by atoms with E-state index in [1.54, 1.807) is 52.7 Å². The Morgan fingerprint density at radius 3 is 2.50 bits per heavy atom. The number of hydrogen-bond donors (Lipinski definition) is 6. The molecule has 7 N–H and O–H groups in total. The number of carbonyl (C=O) groups is 5. The van der Waals surface area contributed by atoms with Crippen molar-refractivity contribution in [3.05, 3.63) is 93.5 Å². The number of quaternary nitrogens is 1. The lowest BCUT2D eigenvalue weighted by Crippen LogP contribution is -2.42. The second-order valence-corrected chi connectivity index (χ2v) is 11.6. The second kappa shape index (κ2) is 12.8. The number of hydrogen-bond acceptors (Lipinski definition) is 8. The van der Waals surface area contributed by atoms with Crippen LogP contribution < -0.4 is 32.0 Å². The number of H-pyrrole nitrogens is 1. The number of anilines is 3. The Balaban J connectivity index is 1.23. The fourth-order valence-electron chi connectivity index (χ4n) is 5.43. The lowest BCUT2D eigenvalue weighted by Gasteiger charge is -2.26. The van der Waals surface area contributed by atoms with E-state index in [0.717, 1.165) is 0 Å². The molecule has 2 aliphatic heterocycles. The minimum Gasteiger partial charge on any atom is -0.370 e. The van der Waals surface area contributed by atoms with Crippen molar-refractivity contribution < 1.29 is 33.4 Å². The lowest BCUT2D eigenvalue weighted by molar-refractivity contribution is -0.791. The van der Waals surface area contributed by atoms with E-state index in [4.69, 9.17) is 5.73 Å². The standard InChI is InChI=1S/C30H33N11O7/c1-37-14-17(35-30(46)39-15-19-21(38(39)2)6-5-7-22(19)40(47)48)12-23(37)27(43)34-18-13-24(41(3,4)16-18)28(44)36-20-8-10-32-26(20)29(45)33-11-9-25(31)42/h5-8,10,12-14,16H,9,11,15H2,1-4H3,(H6-,31,32,33,34,35,36,42,43,44,45,46)/p+1. The second-order valence-electron chi connectivity index (χ2n) is 11.6. The molecule has 250 valence electrons. The molecular weight excluding hydrogens is 626 g/mol. The summed E-state index contributed by atoms with van der Waals surface area (Å²) in [6.07, 6.45) is 6.17. The van der Waals surface area contributed by atoms with Crippen molar-refractivity contribution in [2.75, 3.05) is 43.3 Å². The number of nitro benzene ring substituents is 1. The van der Waals surface area contributed by atoms with Crippen molar-refractivity contribution in [3.63, 3.8) is 0 Å². The summed E-state index contributed by atoms with van der Waals surface area (Å²) in [7, 11) is 6.72. The van der Waals surface area contributed by atoms with Crippen molar-refractivity contribution in [3.8, 4) is 0 Å². The molecule has 2 aromatic heterocycles. The predicted octanol–water partition coefficient (Wildman–Crippen LogP) is 1.45. The van der Waals surface area contributed by atoms with Crippen LogP contribution in [0.1, 0.15) is 33.0 Å². The Bertz CT molecular complexity index is 1920. The lowest BCUT2D eigenvalue weighted by atomic mass is 10.1. The third-order valence-electron chi connectivity index (χ3n) is 7.81. The number of aromatic nitrogens is 2. The molecule has 48 heavy (non-hydrogen) atoms. The van der Waals surface area contributed by atoms with Gasteiger partial charge in [0.05, 0.1) is 48.2 Å². The van der Waals surface area contributed by atoms with Crippen molar-refractivity contribution in [1.29, 1.82) is 0 Å². The molecule has 1 aromatic carbocycles. The molecule has 0 spiro atoms. The first-order valence-electron chi connectivity index (χ1n) is 14.6. The molecule has 0 saturated carbocycles. The Labute approximate surface area is 273 Å². The molecule has 3 aromatic rings. The van der Waals surface area contributed by atoms with Crippen LogP contribution in [-0.2, 0) is 23.2 Å². The number of aryl methyl sites for hydroxylation is 1. The summed E-state index contributed by atoms with van der Waals surface area (Å²) in [6.45, 7) is 0.0317. The number of nitrogens with one attached hydrogen (secondary N) is 5. The number of urea groups is 1. The maximum absolute atomic E-state index is 13.3. The molecule has 18 nitrogen and oxygen atoms in total. The van der Waals surface area contributed by atoms with Gasteiger partial charge in [0.2, 0.25) is 11.6 Å². The SMILES string of the molecule is CN1c2cccc([N+](=O)[O-])c2CN1C(=O)Nc1cc(C(=O)NC2=C[N+](C)(C)C(C(=O)Nc3cc[nH]c3C(=O)NCCC(N)=O)=C2)n(C)c1. The van der Waals surface area contributed by atoms with Gasteiger partial charge in [-0.2, -0.15) is 0 Å². The van der Waals surface area contributed by atoms with Crippen LogP contribution in [0.4, 0.5) is 27.5 Å². The molecule has 2 aliphatic rings. The molecule has 4 heterocycles. The van der Waals surface area contributed by atoms with E-state index < -0.39 is 34.6 Å². The largest absolute Gasteiger partial charge is 0.370 e. The van der Waals surface area contributed by atoms with Gasteiger partial charge in [-0.3, -0.25) is 38.8 Å². The number of nitrogens with two attached hydrogens (primary N) is 1. The van der Waals surface area contributed by atoms with Crippen molar-refractivity contribution in [2.24, 2.45) is 12.8 Å². The maximum Gasteiger partial charge on any atom is 0.341 e. The third-order valence-corrected chi connectivity index (χ3v) is 7.81. The van der Waals surface area contributed by atoms with Crippen molar-refractivity contribution in [1.82, 2.24) is 25.2 Å². The van der Waals surface area contributed by atoms with Crippen LogP contribution in [0, 0.1) is 10.1 Å². The van der Waals surface area contributed by atoms with E-state index in [1.807, 2.05) is 0 Å². The Morgan fingerprint density at radius 2 is 1.79 bits per heavy atom. The van der Waals surface area contributed by atoms with Crippen LogP contribution in [0.25, 0.3) is 0 Å². The van der Waals surface area contributed by atoms with Gasteiger partial charge in [0.25, 0.3) is 17.5 Å². The topological polar surface area (TPSA) is 230 Å². The smallest absolute Gasteiger partial charge is 0.341 e. The number of rotatable bonds is 10. The zero-order chi connectivity index (χ0) is 34.9. The van der Waals surface area contributed by atoms with E-state index in [0.29, 0.717) is 22.6 Å². The van der Waals surface area contributed by atoms with Crippen LogP contribution in [0.2, 0.25) is 0 Å². The van der Waals surface area contributed by atoms with Gasteiger partial charge in [-0.15, -0.1) is 0 Å². The number of benzene rings is 1. The van der Waals surface area contributed by atoms with Crippen LogP contribution in [0.3, 0.4) is 0 Å². The minimum atomic E-state index is -0.563. The highest BCUT2D eigenvalue weighted by atomic mass is 16.6. The fourth-order valence-corrected chi connectivity index (χ4v) is 5.43. The van der Waals surface area contributed by atoms with Gasteiger partial charge >= 0.3 is 11.9 Å². The van der Waals surface area contributed by atoms with Crippen LogP contribution in [0.5, 0.6) is 0 Å². The number of carbonyl (C=O) groups excluding carboxylic acids is 5. The molecule has 18 heteroatoms. The first kappa shape index (κ1) is 32.9. The van der Waals surface area contributed by atoms with E-state index in [-0.39, 0.29) is 52.5 Å².